The molecule has 10 heteroatoms. The first-order valence-electron chi connectivity index (χ1n) is 9.60. The maximum atomic E-state index is 12.9. The van der Waals surface area contributed by atoms with E-state index in [1.807, 2.05) is 0 Å². The van der Waals surface area contributed by atoms with Gasteiger partial charge in [-0.15, -0.1) is 0 Å². The van der Waals surface area contributed by atoms with Gasteiger partial charge in [-0.25, -0.2) is 4.79 Å². The van der Waals surface area contributed by atoms with Gasteiger partial charge in [0.2, 0.25) is 0 Å². The van der Waals surface area contributed by atoms with Crippen LogP contribution in [0.5, 0.6) is 17.2 Å². The van der Waals surface area contributed by atoms with E-state index in [0.717, 1.165) is 0 Å². The topological polar surface area (TPSA) is 103 Å². The van der Waals surface area contributed by atoms with Crippen LogP contribution in [0.4, 0.5) is 10.5 Å². The quantitative estimate of drug-likeness (QED) is 0.523. The second-order valence-corrected chi connectivity index (χ2v) is 8.32. The monoisotopic (exact) mass is 452 g/mol. The van der Waals surface area contributed by atoms with Crippen LogP contribution in [-0.2, 0) is 21.4 Å². The Morgan fingerprint density at radius 3 is 2.35 bits per heavy atom. The summed E-state index contributed by atoms with van der Waals surface area (Å²) in [4.78, 5) is 14.5. The molecule has 0 radical (unpaired) electrons. The Morgan fingerprint density at radius 1 is 1.00 bits per heavy atom. The molecule has 1 N–H and O–H groups in total. The highest BCUT2D eigenvalue weighted by Gasteiger charge is 2.19. The van der Waals surface area contributed by atoms with E-state index in [9.17, 15) is 13.2 Å². The number of methoxy groups -OCH3 is 3. The van der Waals surface area contributed by atoms with Gasteiger partial charge >= 0.3 is 16.1 Å². The van der Waals surface area contributed by atoms with Crippen LogP contribution in [0.25, 0.3) is 0 Å². The van der Waals surface area contributed by atoms with Crippen LogP contribution in [-0.4, -0.2) is 59.6 Å². The van der Waals surface area contributed by atoms with Crippen molar-refractivity contribution in [2.45, 2.75) is 13.5 Å². The Balaban J connectivity index is 2.26. The molecular weight excluding hydrogens is 424 g/mol. The van der Waals surface area contributed by atoms with Crippen molar-refractivity contribution < 1.29 is 31.6 Å². The van der Waals surface area contributed by atoms with Crippen LogP contribution >= 0.6 is 0 Å². The van der Waals surface area contributed by atoms with Gasteiger partial charge < -0.3 is 28.6 Å². The van der Waals surface area contributed by atoms with E-state index in [0.29, 0.717) is 30.2 Å². The molecule has 0 atom stereocenters. The molecule has 0 saturated heterocycles. The summed E-state index contributed by atoms with van der Waals surface area (Å²) in [6.45, 7) is 2.31. The van der Waals surface area contributed by atoms with Crippen LogP contribution in [0.3, 0.4) is 0 Å². The maximum Gasteiger partial charge on any atom is 0.322 e. The Hall–Kier alpha value is -2.98. The minimum atomic E-state index is -3.74. The van der Waals surface area contributed by atoms with Crippen molar-refractivity contribution in [3.63, 3.8) is 0 Å². The normalized spacial score (nSPS) is 11.0. The average Bonchev–Trinajstić information content (AvgIpc) is 2.76. The number of hydrogen-bond donors (Lipinski definition) is 1. The molecule has 0 heterocycles. The van der Waals surface area contributed by atoms with E-state index in [1.54, 1.807) is 49.6 Å². The zero-order chi connectivity index (χ0) is 22.9. The van der Waals surface area contributed by atoms with Crippen molar-refractivity contribution in [2.24, 2.45) is 0 Å². The van der Waals surface area contributed by atoms with E-state index in [-0.39, 0.29) is 29.8 Å². The molecule has 2 rings (SSSR count). The van der Waals surface area contributed by atoms with Crippen LogP contribution in [0.15, 0.2) is 42.5 Å². The molecule has 2 aromatic rings. The molecule has 0 aliphatic heterocycles. The lowest BCUT2D eigenvalue weighted by Crippen LogP contribution is -2.37. The van der Waals surface area contributed by atoms with E-state index >= 15 is 0 Å². The van der Waals surface area contributed by atoms with Crippen molar-refractivity contribution in [3.8, 4) is 17.2 Å². The van der Waals surface area contributed by atoms with Crippen molar-refractivity contribution in [1.82, 2.24) is 4.90 Å². The Labute approximate surface area is 183 Å². The molecule has 0 aliphatic rings. The molecule has 0 unspecified atom stereocenters. The van der Waals surface area contributed by atoms with Gasteiger partial charge in [0.25, 0.3) is 0 Å². The first-order valence-corrected chi connectivity index (χ1v) is 11.2. The van der Waals surface area contributed by atoms with Gasteiger partial charge in [-0.3, -0.25) is 0 Å². The SMILES string of the molecule is CCS(=O)(=O)Oc1cc(CN(CCOC)C(=O)Nc2ccccc2OC)ccc1OC. The number of carbonyl (C=O) groups excluding carboxylic acids is 1. The number of rotatable bonds is 11. The third-order valence-electron chi connectivity index (χ3n) is 4.37. The second-order valence-electron chi connectivity index (χ2n) is 6.46. The Morgan fingerprint density at radius 2 is 1.71 bits per heavy atom. The third kappa shape index (κ3) is 7.04. The molecule has 9 nitrogen and oxygen atoms in total. The molecule has 170 valence electrons. The predicted octanol–water partition coefficient (Wildman–Crippen LogP) is 3.11. The highest BCUT2D eigenvalue weighted by atomic mass is 32.2. The molecule has 0 fully saturated rings. The van der Waals surface area contributed by atoms with Crippen LogP contribution in [0, 0.1) is 0 Å². The number of amides is 2. The summed E-state index contributed by atoms with van der Waals surface area (Å²) in [5, 5.41) is 2.83. The minimum absolute atomic E-state index is 0.0682. The number of carbonyl (C=O) groups is 1. The molecule has 0 spiro atoms. The molecule has 2 aromatic carbocycles. The van der Waals surface area contributed by atoms with Gasteiger partial charge in [0.05, 0.1) is 32.3 Å². The van der Waals surface area contributed by atoms with E-state index < -0.39 is 10.1 Å². The number of nitrogens with one attached hydrogen (secondary N) is 1. The van der Waals surface area contributed by atoms with Crippen molar-refractivity contribution in [1.29, 1.82) is 0 Å². The molecular formula is C21H28N2O7S. The second kappa shape index (κ2) is 11.4. The molecule has 0 aromatic heterocycles. The standard InChI is InChI=1S/C21H28N2O7S/c1-5-31(25,26)30-20-14-16(10-11-19(20)29-4)15-23(12-13-27-2)21(24)22-17-8-6-7-9-18(17)28-3/h6-11,14H,5,12-13,15H2,1-4H3,(H,22,24). The molecule has 0 aliphatic carbocycles. The number of anilines is 1. The fraction of sp³-hybridized carbons (Fsp3) is 0.381. The summed E-state index contributed by atoms with van der Waals surface area (Å²) < 4.78 is 44.6. The van der Waals surface area contributed by atoms with Crippen LogP contribution in [0.2, 0.25) is 0 Å². The van der Waals surface area contributed by atoms with Gasteiger partial charge in [-0.05, 0) is 36.8 Å². The lowest BCUT2D eigenvalue weighted by Gasteiger charge is -2.24. The molecule has 2 amide bonds. The van der Waals surface area contributed by atoms with Gasteiger partial charge in [0, 0.05) is 20.2 Å². The molecule has 0 bridgehead atoms. The van der Waals surface area contributed by atoms with Crippen molar-refractivity contribution in [3.05, 3.63) is 48.0 Å². The number of ether oxygens (including phenoxy) is 3. The van der Waals surface area contributed by atoms with Crippen molar-refractivity contribution in [2.75, 3.05) is 45.6 Å². The van der Waals surface area contributed by atoms with Crippen molar-refractivity contribution >= 4 is 21.8 Å². The predicted molar refractivity (Wildman–Crippen MR) is 117 cm³/mol. The Kier molecular flexibility index (Phi) is 8.95. The highest BCUT2D eigenvalue weighted by molar-refractivity contribution is 7.87. The average molecular weight is 453 g/mol. The van der Waals surface area contributed by atoms with Crippen LogP contribution in [0.1, 0.15) is 12.5 Å². The first kappa shape index (κ1) is 24.3. The molecule has 0 saturated carbocycles. The summed E-state index contributed by atoms with van der Waals surface area (Å²) in [7, 11) is 0.758. The summed E-state index contributed by atoms with van der Waals surface area (Å²) in [5.74, 6) is 0.704. The summed E-state index contributed by atoms with van der Waals surface area (Å²) in [6.07, 6.45) is 0. The fourth-order valence-electron chi connectivity index (χ4n) is 2.70. The third-order valence-corrected chi connectivity index (χ3v) is 5.51. The largest absolute Gasteiger partial charge is 0.495 e. The maximum absolute atomic E-state index is 12.9. The summed E-state index contributed by atoms with van der Waals surface area (Å²) in [5.41, 5.74) is 1.19. The number of para-hydroxylation sites is 2. The van der Waals surface area contributed by atoms with Gasteiger partial charge in [-0.2, -0.15) is 8.42 Å². The van der Waals surface area contributed by atoms with E-state index in [2.05, 4.69) is 5.32 Å². The lowest BCUT2D eigenvalue weighted by molar-refractivity contribution is 0.152. The zero-order valence-corrected chi connectivity index (χ0v) is 18.9. The smallest absolute Gasteiger partial charge is 0.322 e. The van der Waals surface area contributed by atoms with Gasteiger partial charge in [0.15, 0.2) is 11.5 Å². The molecule has 31 heavy (non-hydrogen) atoms. The van der Waals surface area contributed by atoms with Gasteiger partial charge in [-0.1, -0.05) is 18.2 Å². The number of hydrogen-bond acceptors (Lipinski definition) is 7. The van der Waals surface area contributed by atoms with Crippen LogP contribution < -0.4 is 19.0 Å². The number of urea groups is 1. The number of nitrogens with zero attached hydrogens (tertiary/aromatic N) is 1. The summed E-state index contributed by atoms with van der Waals surface area (Å²) in [6, 6.07) is 11.6. The number of benzene rings is 2. The zero-order valence-electron chi connectivity index (χ0n) is 18.1. The fourth-order valence-corrected chi connectivity index (χ4v) is 3.22. The highest BCUT2D eigenvalue weighted by Crippen LogP contribution is 2.30. The summed E-state index contributed by atoms with van der Waals surface area (Å²) >= 11 is 0. The van der Waals surface area contributed by atoms with E-state index in [4.69, 9.17) is 18.4 Å². The lowest BCUT2D eigenvalue weighted by atomic mass is 10.2. The minimum Gasteiger partial charge on any atom is -0.495 e. The first-order chi connectivity index (χ1) is 14.8. The Bertz CT molecular complexity index is 979. The van der Waals surface area contributed by atoms with E-state index in [1.165, 1.54) is 26.0 Å². The van der Waals surface area contributed by atoms with Gasteiger partial charge in [0.1, 0.15) is 5.75 Å².